The van der Waals surface area contributed by atoms with Crippen molar-refractivity contribution in [3.63, 3.8) is 0 Å². The minimum Gasteiger partial charge on any atom is -0.324 e. The molecule has 1 aliphatic rings. The van der Waals surface area contributed by atoms with Gasteiger partial charge >= 0.3 is 0 Å². The highest BCUT2D eigenvalue weighted by Crippen LogP contribution is 2.20. The second-order valence-electron chi connectivity index (χ2n) is 5.87. The predicted molar refractivity (Wildman–Crippen MR) is 70.8 cm³/mol. The van der Waals surface area contributed by atoms with Crippen molar-refractivity contribution in [3.05, 3.63) is 0 Å². The van der Waals surface area contributed by atoms with E-state index in [9.17, 15) is 4.79 Å². The molecule has 100 valence electrons. The molecule has 1 aliphatic heterocycles. The van der Waals surface area contributed by atoms with Gasteiger partial charge in [0.25, 0.3) is 0 Å². The Kier molecular flexibility index (Phi) is 4.55. The number of amides is 1. The van der Waals surface area contributed by atoms with Crippen LogP contribution in [0.15, 0.2) is 0 Å². The lowest BCUT2D eigenvalue weighted by Gasteiger charge is -2.38. The van der Waals surface area contributed by atoms with Crippen LogP contribution in [0.3, 0.4) is 0 Å². The van der Waals surface area contributed by atoms with E-state index in [-0.39, 0.29) is 23.7 Å². The molecule has 0 aromatic heterocycles. The third kappa shape index (κ3) is 3.19. The molecule has 4 heteroatoms. The summed E-state index contributed by atoms with van der Waals surface area (Å²) in [5, 5.41) is 3.37. The molecule has 0 radical (unpaired) electrons. The van der Waals surface area contributed by atoms with Crippen molar-refractivity contribution in [2.75, 3.05) is 20.6 Å². The van der Waals surface area contributed by atoms with Crippen molar-refractivity contribution in [3.8, 4) is 0 Å². The van der Waals surface area contributed by atoms with Crippen molar-refractivity contribution < 1.29 is 4.79 Å². The summed E-state index contributed by atoms with van der Waals surface area (Å²) in [7, 11) is 4.12. The molecular formula is C13H27N3O. The first-order valence-corrected chi connectivity index (χ1v) is 6.53. The van der Waals surface area contributed by atoms with Crippen LogP contribution in [0.4, 0.5) is 0 Å². The van der Waals surface area contributed by atoms with Crippen molar-refractivity contribution in [2.24, 2.45) is 0 Å². The van der Waals surface area contributed by atoms with Crippen LogP contribution < -0.4 is 5.32 Å². The molecule has 2 unspecified atom stereocenters. The summed E-state index contributed by atoms with van der Waals surface area (Å²) in [6.07, 6.45) is 2.33. The number of carbonyl (C=O) groups excluding carboxylic acids is 1. The van der Waals surface area contributed by atoms with E-state index in [2.05, 4.69) is 45.1 Å². The van der Waals surface area contributed by atoms with Gasteiger partial charge in [0.05, 0.1) is 12.2 Å². The van der Waals surface area contributed by atoms with Crippen LogP contribution in [-0.2, 0) is 4.79 Å². The van der Waals surface area contributed by atoms with Crippen LogP contribution in [0, 0.1) is 0 Å². The molecular weight excluding hydrogens is 214 g/mol. The molecule has 17 heavy (non-hydrogen) atoms. The lowest BCUT2D eigenvalue weighted by Crippen LogP contribution is -2.51. The lowest BCUT2D eigenvalue weighted by molar-refractivity contribution is -0.131. The van der Waals surface area contributed by atoms with E-state index in [0.717, 1.165) is 19.4 Å². The maximum absolute atomic E-state index is 12.1. The van der Waals surface area contributed by atoms with Gasteiger partial charge in [-0.15, -0.1) is 0 Å². The zero-order valence-corrected chi connectivity index (χ0v) is 12.1. The monoisotopic (exact) mass is 241 g/mol. The molecule has 0 spiro atoms. The van der Waals surface area contributed by atoms with Gasteiger partial charge in [0.15, 0.2) is 0 Å². The van der Waals surface area contributed by atoms with Gasteiger partial charge in [0.1, 0.15) is 0 Å². The Morgan fingerprint density at radius 2 is 2.00 bits per heavy atom. The standard InChI is InChI=1S/C13H27N3O/c1-7-8-11-14-10(2)12(17)16(11)9-13(3,4)15(5)6/h10-11,14H,7-9H2,1-6H3. The highest BCUT2D eigenvalue weighted by molar-refractivity contribution is 5.84. The number of rotatable bonds is 5. The Morgan fingerprint density at radius 1 is 1.41 bits per heavy atom. The number of hydrogen-bond donors (Lipinski definition) is 1. The Hall–Kier alpha value is -0.610. The second kappa shape index (κ2) is 5.36. The lowest BCUT2D eigenvalue weighted by atomic mass is 10.0. The van der Waals surface area contributed by atoms with Crippen molar-refractivity contribution >= 4 is 5.91 Å². The summed E-state index contributed by atoms with van der Waals surface area (Å²) in [5.74, 6) is 0.235. The maximum atomic E-state index is 12.1. The van der Waals surface area contributed by atoms with Gasteiger partial charge in [0.2, 0.25) is 5.91 Å². The quantitative estimate of drug-likeness (QED) is 0.787. The van der Waals surface area contributed by atoms with E-state index in [1.54, 1.807) is 0 Å². The molecule has 0 saturated carbocycles. The Morgan fingerprint density at radius 3 is 2.47 bits per heavy atom. The summed E-state index contributed by atoms with van der Waals surface area (Å²) in [6.45, 7) is 9.23. The summed E-state index contributed by atoms with van der Waals surface area (Å²) in [5.41, 5.74) is 0.00733. The summed E-state index contributed by atoms with van der Waals surface area (Å²) < 4.78 is 0. The molecule has 1 heterocycles. The first-order chi connectivity index (χ1) is 7.79. The molecule has 2 atom stereocenters. The SMILES string of the molecule is CCCC1NC(C)C(=O)N1CC(C)(C)N(C)C. The third-order valence-electron chi connectivity index (χ3n) is 3.80. The van der Waals surface area contributed by atoms with E-state index < -0.39 is 0 Å². The molecule has 1 N–H and O–H groups in total. The largest absolute Gasteiger partial charge is 0.324 e. The maximum Gasteiger partial charge on any atom is 0.240 e. The summed E-state index contributed by atoms with van der Waals surface area (Å²) >= 11 is 0. The molecule has 0 aliphatic carbocycles. The number of nitrogens with one attached hydrogen (secondary N) is 1. The van der Waals surface area contributed by atoms with Gasteiger partial charge in [-0.25, -0.2) is 0 Å². The highest BCUT2D eigenvalue weighted by atomic mass is 16.2. The average Bonchev–Trinajstić information content (AvgIpc) is 2.46. The van der Waals surface area contributed by atoms with E-state index in [0.29, 0.717) is 0 Å². The zero-order chi connectivity index (χ0) is 13.2. The molecule has 1 fully saturated rings. The van der Waals surface area contributed by atoms with E-state index >= 15 is 0 Å². The molecule has 0 bridgehead atoms. The van der Waals surface area contributed by atoms with Crippen LogP contribution in [-0.4, -0.2) is 54.1 Å². The number of carbonyl (C=O) groups is 1. The van der Waals surface area contributed by atoms with Gasteiger partial charge in [-0.05, 0) is 41.3 Å². The number of nitrogens with zero attached hydrogens (tertiary/aromatic N) is 2. The molecule has 0 aromatic rings. The fraction of sp³-hybridized carbons (Fsp3) is 0.923. The normalized spacial score (nSPS) is 26.1. The minimum absolute atomic E-state index is 0.00733. The summed E-state index contributed by atoms with van der Waals surface area (Å²) in [4.78, 5) is 16.3. The minimum atomic E-state index is -0.0375. The molecule has 1 saturated heterocycles. The highest BCUT2D eigenvalue weighted by Gasteiger charge is 2.38. The van der Waals surface area contributed by atoms with Crippen molar-refractivity contribution in [1.29, 1.82) is 0 Å². The third-order valence-corrected chi connectivity index (χ3v) is 3.80. The van der Waals surface area contributed by atoms with E-state index in [4.69, 9.17) is 0 Å². The Balaban J connectivity index is 2.75. The van der Waals surface area contributed by atoms with Crippen LogP contribution in [0.1, 0.15) is 40.5 Å². The van der Waals surface area contributed by atoms with Gasteiger partial charge in [-0.2, -0.15) is 0 Å². The van der Waals surface area contributed by atoms with Crippen molar-refractivity contribution in [1.82, 2.24) is 15.1 Å². The fourth-order valence-electron chi connectivity index (χ4n) is 2.11. The van der Waals surface area contributed by atoms with Crippen LogP contribution in [0.2, 0.25) is 0 Å². The predicted octanol–water partition coefficient (Wildman–Crippen LogP) is 1.27. The van der Waals surface area contributed by atoms with Crippen LogP contribution in [0.5, 0.6) is 0 Å². The second-order valence-corrected chi connectivity index (χ2v) is 5.87. The fourth-order valence-corrected chi connectivity index (χ4v) is 2.11. The first kappa shape index (κ1) is 14.5. The molecule has 1 amide bonds. The van der Waals surface area contributed by atoms with Gasteiger partial charge in [-0.1, -0.05) is 13.3 Å². The zero-order valence-electron chi connectivity index (χ0n) is 12.1. The molecule has 1 rings (SSSR count). The topological polar surface area (TPSA) is 35.6 Å². The molecule has 0 aromatic carbocycles. The van der Waals surface area contributed by atoms with Gasteiger partial charge in [0, 0.05) is 12.1 Å². The number of likely N-dealkylation sites (N-methyl/N-ethyl adjacent to an activating group) is 1. The van der Waals surface area contributed by atoms with Gasteiger partial charge in [-0.3, -0.25) is 10.1 Å². The smallest absolute Gasteiger partial charge is 0.240 e. The van der Waals surface area contributed by atoms with Crippen LogP contribution >= 0.6 is 0 Å². The van der Waals surface area contributed by atoms with E-state index in [1.807, 2.05) is 11.8 Å². The Bertz CT molecular complexity index is 276. The Labute approximate surface area is 105 Å². The van der Waals surface area contributed by atoms with Gasteiger partial charge < -0.3 is 9.80 Å². The van der Waals surface area contributed by atoms with Crippen LogP contribution in [0.25, 0.3) is 0 Å². The van der Waals surface area contributed by atoms with Crippen molar-refractivity contribution in [2.45, 2.75) is 58.3 Å². The van der Waals surface area contributed by atoms with E-state index in [1.165, 1.54) is 0 Å². The first-order valence-electron chi connectivity index (χ1n) is 6.53. The molecule has 4 nitrogen and oxygen atoms in total. The number of hydrogen-bond acceptors (Lipinski definition) is 3. The summed E-state index contributed by atoms with van der Waals surface area (Å²) in [6, 6.07) is -0.0375. The average molecular weight is 241 g/mol.